The van der Waals surface area contributed by atoms with Crippen LogP contribution in [0.2, 0.25) is 5.15 Å². The highest BCUT2D eigenvalue weighted by molar-refractivity contribution is 7.84. The molecule has 19 heavy (non-hydrogen) atoms. The number of nitrogens with zero attached hydrogens (tertiary/aromatic N) is 2. The van der Waals surface area contributed by atoms with Gasteiger partial charge in [0.15, 0.2) is 5.82 Å². The van der Waals surface area contributed by atoms with Gasteiger partial charge in [0, 0.05) is 18.0 Å². The molecule has 0 amide bonds. The molecule has 1 atom stereocenters. The number of hydrogen-bond acceptors (Lipinski definition) is 4. The third-order valence-electron chi connectivity index (χ3n) is 2.43. The van der Waals surface area contributed by atoms with Gasteiger partial charge in [-0.05, 0) is 19.1 Å². The maximum Gasteiger partial charge on any atom is 0.228 e. The molecule has 4 nitrogen and oxygen atoms in total. The Hall–Kier alpha value is -1.53. The largest absolute Gasteiger partial charge is 0.322 e. The van der Waals surface area contributed by atoms with E-state index in [1.807, 2.05) is 0 Å². The van der Waals surface area contributed by atoms with Gasteiger partial charge < -0.3 is 5.32 Å². The van der Waals surface area contributed by atoms with E-state index < -0.39 is 16.6 Å². The molecule has 2 aromatic rings. The first-order valence-electron chi connectivity index (χ1n) is 5.37. The molecule has 0 saturated carbocycles. The Labute approximate surface area is 117 Å². The van der Waals surface area contributed by atoms with Crippen molar-refractivity contribution in [3.8, 4) is 0 Å². The van der Waals surface area contributed by atoms with Crippen LogP contribution in [0.4, 0.5) is 16.0 Å². The molecule has 1 unspecified atom stereocenters. The summed E-state index contributed by atoms with van der Waals surface area (Å²) >= 11 is 5.87. The lowest BCUT2D eigenvalue weighted by Crippen LogP contribution is -2.02. The topological polar surface area (TPSA) is 54.9 Å². The molecule has 1 N–H and O–H groups in total. The van der Waals surface area contributed by atoms with Crippen LogP contribution in [-0.2, 0) is 10.8 Å². The second-order valence-electron chi connectivity index (χ2n) is 3.86. The number of rotatable bonds is 3. The summed E-state index contributed by atoms with van der Waals surface area (Å²) in [5, 5.41) is 3.02. The lowest BCUT2D eigenvalue weighted by atomic mass is 10.3. The minimum atomic E-state index is -1.40. The maximum absolute atomic E-state index is 14.0. The predicted octanol–water partition coefficient (Wildman–Crippen LogP) is 3.06. The molecule has 100 valence electrons. The molecule has 1 aromatic heterocycles. The van der Waals surface area contributed by atoms with E-state index in [4.69, 9.17) is 11.6 Å². The Balaban J connectivity index is 2.35. The Morgan fingerprint density at radius 3 is 2.79 bits per heavy atom. The number of benzene rings is 1. The highest BCUT2D eigenvalue weighted by Crippen LogP contribution is 2.23. The van der Waals surface area contributed by atoms with E-state index in [1.54, 1.807) is 13.0 Å². The molecule has 0 saturated heterocycles. The summed E-state index contributed by atoms with van der Waals surface area (Å²) in [6, 6.07) is 4.60. The summed E-state index contributed by atoms with van der Waals surface area (Å²) in [5.74, 6) is -0.392. The number of hydrogen-bond donors (Lipinski definition) is 1. The molecule has 0 aliphatic carbocycles. The molecule has 0 bridgehead atoms. The zero-order valence-electron chi connectivity index (χ0n) is 10.3. The number of aromatic nitrogens is 2. The van der Waals surface area contributed by atoms with Gasteiger partial charge in [0.2, 0.25) is 5.95 Å². The highest BCUT2D eigenvalue weighted by Gasteiger charge is 2.12. The van der Waals surface area contributed by atoms with Crippen molar-refractivity contribution < 1.29 is 8.60 Å². The molecule has 0 aliphatic heterocycles. The third-order valence-corrected chi connectivity index (χ3v) is 3.75. The predicted molar refractivity (Wildman–Crippen MR) is 73.8 cm³/mol. The SMILES string of the molecule is Cc1cnc(Nc2cccc(S(C)=O)c2F)nc1Cl. The molecule has 1 aromatic carbocycles. The smallest absolute Gasteiger partial charge is 0.228 e. The molecule has 0 aliphatic rings. The van der Waals surface area contributed by atoms with Crippen molar-refractivity contribution in [3.05, 3.63) is 40.9 Å². The number of anilines is 2. The second kappa shape index (κ2) is 5.63. The van der Waals surface area contributed by atoms with Gasteiger partial charge in [-0.15, -0.1) is 0 Å². The fraction of sp³-hybridized carbons (Fsp3) is 0.167. The summed E-state index contributed by atoms with van der Waals surface area (Å²) in [6.45, 7) is 1.77. The van der Waals surface area contributed by atoms with E-state index in [0.29, 0.717) is 5.15 Å². The van der Waals surface area contributed by atoms with Crippen molar-refractivity contribution in [1.29, 1.82) is 0 Å². The maximum atomic E-state index is 14.0. The van der Waals surface area contributed by atoms with Gasteiger partial charge in [-0.2, -0.15) is 0 Å². The van der Waals surface area contributed by atoms with E-state index in [9.17, 15) is 8.60 Å². The standard InChI is InChI=1S/C12H11ClFN3OS/c1-7-6-15-12(17-11(7)13)16-8-4-3-5-9(10(8)14)19(2)18/h3-6H,1-2H3,(H,15,16,17). The van der Waals surface area contributed by atoms with Gasteiger partial charge >= 0.3 is 0 Å². The fourth-order valence-electron chi connectivity index (χ4n) is 1.43. The number of nitrogens with one attached hydrogen (secondary N) is 1. The van der Waals surface area contributed by atoms with Crippen LogP contribution >= 0.6 is 11.6 Å². The van der Waals surface area contributed by atoms with Gasteiger partial charge in [-0.1, -0.05) is 17.7 Å². The third kappa shape index (κ3) is 3.08. The molecule has 1 heterocycles. The van der Waals surface area contributed by atoms with E-state index in [-0.39, 0.29) is 16.5 Å². The monoisotopic (exact) mass is 299 g/mol. The molecule has 0 fully saturated rings. The van der Waals surface area contributed by atoms with Crippen LogP contribution < -0.4 is 5.32 Å². The lowest BCUT2D eigenvalue weighted by molar-refractivity contribution is 0.600. The average Bonchev–Trinajstić information content (AvgIpc) is 2.36. The van der Waals surface area contributed by atoms with Crippen LogP contribution in [-0.4, -0.2) is 20.4 Å². The van der Waals surface area contributed by atoms with E-state index in [0.717, 1.165) is 5.56 Å². The van der Waals surface area contributed by atoms with Crippen molar-refractivity contribution in [1.82, 2.24) is 9.97 Å². The Morgan fingerprint density at radius 1 is 1.42 bits per heavy atom. The van der Waals surface area contributed by atoms with Crippen molar-refractivity contribution in [2.45, 2.75) is 11.8 Å². The first kappa shape index (κ1) is 13.9. The summed E-state index contributed by atoms with van der Waals surface area (Å²) < 4.78 is 25.4. The number of halogens is 2. The first-order chi connectivity index (χ1) is 8.99. The number of aryl methyl sites for hydroxylation is 1. The van der Waals surface area contributed by atoms with Crippen LogP contribution in [0.1, 0.15) is 5.56 Å². The summed E-state index contributed by atoms with van der Waals surface area (Å²) in [6.07, 6.45) is 2.96. The summed E-state index contributed by atoms with van der Waals surface area (Å²) in [4.78, 5) is 8.11. The Morgan fingerprint density at radius 2 is 2.16 bits per heavy atom. The van der Waals surface area contributed by atoms with Crippen molar-refractivity contribution in [2.75, 3.05) is 11.6 Å². The van der Waals surface area contributed by atoms with Crippen molar-refractivity contribution >= 4 is 34.0 Å². The van der Waals surface area contributed by atoms with Crippen molar-refractivity contribution in [2.24, 2.45) is 0 Å². The van der Waals surface area contributed by atoms with E-state index in [2.05, 4.69) is 15.3 Å². The van der Waals surface area contributed by atoms with Crippen LogP contribution in [0.5, 0.6) is 0 Å². The zero-order valence-corrected chi connectivity index (χ0v) is 11.8. The van der Waals surface area contributed by atoms with Gasteiger partial charge in [0.1, 0.15) is 5.15 Å². The zero-order chi connectivity index (χ0) is 14.0. The van der Waals surface area contributed by atoms with Gasteiger partial charge in [-0.3, -0.25) is 4.21 Å². The molecular formula is C12H11ClFN3OS. The molecule has 0 spiro atoms. The quantitative estimate of drug-likeness (QED) is 0.885. The normalized spacial score (nSPS) is 12.2. The average molecular weight is 300 g/mol. The Kier molecular flexibility index (Phi) is 4.11. The highest BCUT2D eigenvalue weighted by atomic mass is 35.5. The van der Waals surface area contributed by atoms with E-state index >= 15 is 0 Å². The van der Waals surface area contributed by atoms with Crippen LogP contribution in [0, 0.1) is 12.7 Å². The van der Waals surface area contributed by atoms with Gasteiger partial charge in [0.05, 0.1) is 21.4 Å². The van der Waals surface area contributed by atoms with Crippen LogP contribution in [0.3, 0.4) is 0 Å². The van der Waals surface area contributed by atoms with Crippen LogP contribution in [0.15, 0.2) is 29.3 Å². The van der Waals surface area contributed by atoms with Crippen LogP contribution in [0.25, 0.3) is 0 Å². The molecule has 7 heteroatoms. The van der Waals surface area contributed by atoms with Gasteiger partial charge in [-0.25, -0.2) is 14.4 Å². The summed E-state index contributed by atoms with van der Waals surface area (Å²) in [7, 11) is -1.40. The molecule has 2 rings (SSSR count). The summed E-state index contributed by atoms with van der Waals surface area (Å²) in [5.41, 5.74) is 0.892. The van der Waals surface area contributed by atoms with Gasteiger partial charge in [0.25, 0.3) is 0 Å². The minimum absolute atomic E-state index is 0.128. The Bertz CT molecular complexity index is 651. The molecule has 0 radical (unpaired) electrons. The fourth-order valence-corrected chi connectivity index (χ4v) is 2.19. The minimum Gasteiger partial charge on any atom is -0.322 e. The van der Waals surface area contributed by atoms with Crippen molar-refractivity contribution in [3.63, 3.8) is 0 Å². The first-order valence-corrected chi connectivity index (χ1v) is 7.30. The second-order valence-corrected chi connectivity index (χ2v) is 5.57. The van der Waals surface area contributed by atoms with E-state index in [1.165, 1.54) is 24.6 Å². The lowest BCUT2D eigenvalue weighted by Gasteiger charge is -2.08. The molecular weight excluding hydrogens is 289 g/mol.